The Balaban J connectivity index is 1.45. The summed E-state index contributed by atoms with van der Waals surface area (Å²) in [5.74, 6) is 0.877. The number of carbonyl (C=O) groups is 2. The summed E-state index contributed by atoms with van der Waals surface area (Å²) in [6, 6.07) is 11.7. The zero-order valence-corrected chi connectivity index (χ0v) is 15.8. The van der Waals surface area contributed by atoms with Crippen LogP contribution in [0.15, 0.2) is 41.8 Å². The number of amides is 2. The molecule has 1 saturated heterocycles. The van der Waals surface area contributed by atoms with Gasteiger partial charge in [0.2, 0.25) is 5.91 Å². The summed E-state index contributed by atoms with van der Waals surface area (Å²) in [4.78, 5) is 29.4. The highest BCUT2D eigenvalue weighted by atomic mass is 32.1. The third-order valence-electron chi connectivity index (χ3n) is 4.60. The smallest absolute Gasteiger partial charge is 0.260 e. The Morgan fingerprint density at radius 1 is 1.00 bits per heavy atom. The first kappa shape index (κ1) is 18.5. The number of hydrogen-bond acceptors (Lipinski definition) is 4. The third kappa shape index (κ3) is 4.64. The van der Waals surface area contributed by atoms with Crippen LogP contribution in [0.1, 0.15) is 17.4 Å². The van der Waals surface area contributed by atoms with E-state index in [9.17, 15) is 9.59 Å². The highest BCUT2D eigenvalue weighted by Crippen LogP contribution is 2.18. The number of rotatable bonds is 6. The molecule has 3 rings (SSSR count). The quantitative estimate of drug-likeness (QED) is 0.783. The van der Waals surface area contributed by atoms with Crippen molar-refractivity contribution in [3.05, 3.63) is 52.2 Å². The first-order valence-electron chi connectivity index (χ1n) is 8.96. The average molecular weight is 372 g/mol. The molecule has 1 aromatic heterocycles. The molecule has 1 aromatic carbocycles. The molecule has 1 fully saturated rings. The Bertz CT molecular complexity index is 737. The van der Waals surface area contributed by atoms with Crippen molar-refractivity contribution in [2.75, 3.05) is 32.8 Å². The molecule has 5 nitrogen and oxygen atoms in total. The van der Waals surface area contributed by atoms with Crippen LogP contribution in [-0.2, 0) is 22.4 Å². The molecular weight excluding hydrogens is 348 g/mol. The fourth-order valence-electron chi connectivity index (χ4n) is 3.05. The Kier molecular flexibility index (Phi) is 6.28. The molecule has 1 aliphatic heterocycles. The van der Waals surface area contributed by atoms with E-state index in [2.05, 4.69) is 6.92 Å². The van der Waals surface area contributed by atoms with Crippen LogP contribution >= 0.6 is 11.3 Å². The lowest BCUT2D eigenvalue weighted by Gasteiger charge is -2.34. The highest BCUT2D eigenvalue weighted by molar-refractivity contribution is 7.10. The SMILES string of the molecule is CCc1ccccc1OCC(=O)N1CCN(C(=O)Cc2cccs2)CC1. The molecule has 2 aromatic rings. The van der Waals surface area contributed by atoms with E-state index in [0.717, 1.165) is 22.6 Å². The van der Waals surface area contributed by atoms with Crippen molar-refractivity contribution in [3.8, 4) is 5.75 Å². The largest absolute Gasteiger partial charge is 0.483 e. The lowest BCUT2D eigenvalue weighted by atomic mass is 10.1. The molecule has 0 bridgehead atoms. The Hall–Kier alpha value is -2.34. The maximum absolute atomic E-state index is 12.4. The van der Waals surface area contributed by atoms with Crippen molar-refractivity contribution in [3.63, 3.8) is 0 Å². The number of benzene rings is 1. The summed E-state index contributed by atoms with van der Waals surface area (Å²) < 4.78 is 5.72. The van der Waals surface area contributed by atoms with Gasteiger partial charge in [-0.1, -0.05) is 31.2 Å². The van der Waals surface area contributed by atoms with E-state index < -0.39 is 0 Å². The first-order valence-corrected chi connectivity index (χ1v) is 9.84. The topological polar surface area (TPSA) is 49.9 Å². The van der Waals surface area contributed by atoms with Crippen molar-refractivity contribution in [1.82, 2.24) is 9.80 Å². The molecule has 0 saturated carbocycles. The van der Waals surface area contributed by atoms with Crippen LogP contribution in [0.4, 0.5) is 0 Å². The number of carbonyl (C=O) groups excluding carboxylic acids is 2. The minimum atomic E-state index is -0.0266. The molecule has 0 aliphatic carbocycles. The monoisotopic (exact) mass is 372 g/mol. The van der Waals surface area contributed by atoms with Crippen molar-refractivity contribution in [1.29, 1.82) is 0 Å². The molecule has 1 aliphatic rings. The van der Waals surface area contributed by atoms with Gasteiger partial charge >= 0.3 is 0 Å². The Morgan fingerprint density at radius 3 is 2.35 bits per heavy atom. The van der Waals surface area contributed by atoms with Crippen LogP contribution in [0.5, 0.6) is 5.75 Å². The van der Waals surface area contributed by atoms with Crippen molar-refractivity contribution < 1.29 is 14.3 Å². The second kappa shape index (κ2) is 8.85. The Morgan fingerprint density at radius 2 is 1.69 bits per heavy atom. The lowest BCUT2D eigenvalue weighted by Crippen LogP contribution is -2.51. The van der Waals surface area contributed by atoms with Gasteiger partial charge in [-0.05, 0) is 29.5 Å². The van der Waals surface area contributed by atoms with Gasteiger partial charge in [0.25, 0.3) is 5.91 Å². The van der Waals surface area contributed by atoms with Crippen molar-refractivity contribution in [2.24, 2.45) is 0 Å². The minimum absolute atomic E-state index is 0.0266. The van der Waals surface area contributed by atoms with Crippen LogP contribution in [0.2, 0.25) is 0 Å². The van der Waals surface area contributed by atoms with E-state index in [-0.39, 0.29) is 18.4 Å². The van der Waals surface area contributed by atoms with E-state index in [1.54, 1.807) is 16.2 Å². The van der Waals surface area contributed by atoms with Gasteiger partial charge in [-0.2, -0.15) is 0 Å². The van der Waals surface area contributed by atoms with E-state index >= 15 is 0 Å². The van der Waals surface area contributed by atoms with Crippen LogP contribution in [0.25, 0.3) is 0 Å². The van der Waals surface area contributed by atoms with Gasteiger partial charge in [-0.25, -0.2) is 0 Å². The van der Waals surface area contributed by atoms with Crippen LogP contribution in [-0.4, -0.2) is 54.4 Å². The molecule has 138 valence electrons. The summed E-state index contributed by atoms with van der Waals surface area (Å²) in [6.07, 6.45) is 1.32. The van der Waals surface area contributed by atoms with Gasteiger partial charge < -0.3 is 14.5 Å². The molecule has 0 radical (unpaired) electrons. The van der Waals surface area contributed by atoms with Gasteiger partial charge in [0.1, 0.15) is 5.75 Å². The zero-order chi connectivity index (χ0) is 18.4. The lowest BCUT2D eigenvalue weighted by molar-refractivity contribution is -0.140. The van der Waals surface area contributed by atoms with Gasteiger partial charge in [0.05, 0.1) is 6.42 Å². The summed E-state index contributed by atoms with van der Waals surface area (Å²) >= 11 is 1.60. The van der Waals surface area contributed by atoms with E-state index in [1.807, 2.05) is 46.7 Å². The maximum atomic E-state index is 12.4. The molecular formula is C20H24N2O3S. The Labute approximate surface area is 158 Å². The third-order valence-corrected chi connectivity index (χ3v) is 5.47. The number of piperazine rings is 1. The molecule has 0 N–H and O–H groups in total. The summed E-state index contributed by atoms with van der Waals surface area (Å²) in [5.41, 5.74) is 1.10. The number of aryl methyl sites for hydroxylation is 1. The molecule has 6 heteroatoms. The second-order valence-corrected chi connectivity index (χ2v) is 7.30. The molecule has 0 unspecified atom stereocenters. The fourth-order valence-corrected chi connectivity index (χ4v) is 3.74. The number of hydrogen-bond donors (Lipinski definition) is 0. The number of nitrogens with zero attached hydrogens (tertiary/aromatic N) is 2. The van der Waals surface area contributed by atoms with E-state index in [4.69, 9.17) is 4.74 Å². The summed E-state index contributed by atoms with van der Waals surface area (Å²) in [7, 11) is 0. The number of para-hydroxylation sites is 1. The fraction of sp³-hybridized carbons (Fsp3) is 0.400. The van der Waals surface area contributed by atoms with E-state index in [1.165, 1.54) is 0 Å². The van der Waals surface area contributed by atoms with Crippen LogP contribution in [0.3, 0.4) is 0 Å². The first-order chi connectivity index (χ1) is 12.7. The number of thiophene rings is 1. The maximum Gasteiger partial charge on any atom is 0.260 e. The molecule has 2 heterocycles. The van der Waals surface area contributed by atoms with Crippen molar-refractivity contribution >= 4 is 23.2 Å². The average Bonchev–Trinajstić information content (AvgIpc) is 3.19. The van der Waals surface area contributed by atoms with Crippen LogP contribution in [0, 0.1) is 0 Å². The standard InChI is InChI=1S/C20H24N2O3S/c1-2-16-6-3-4-8-18(16)25-15-20(24)22-11-9-21(10-12-22)19(23)14-17-7-5-13-26-17/h3-8,13H,2,9-12,14-15H2,1H3. The van der Waals surface area contributed by atoms with Gasteiger partial charge in [-0.15, -0.1) is 11.3 Å². The van der Waals surface area contributed by atoms with Gasteiger partial charge in [-0.3, -0.25) is 9.59 Å². The normalized spacial score (nSPS) is 14.3. The van der Waals surface area contributed by atoms with Gasteiger partial charge in [0, 0.05) is 31.1 Å². The van der Waals surface area contributed by atoms with E-state index in [0.29, 0.717) is 32.6 Å². The predicted octanol–water partition coefficient (Wildman–Crippen LogP) is 2.60. The zero-order valence-electron chi connectivity index (χ0n) is 15.0. The highest BCUT2D eigenvalue weighted by Gasteiger charge is 2.24. The second-order valence-electron chi connectivity index (χ2n) is 6.27. The van der Waals surface area contributed by atoms with Crippen molar-refractivity contribution in [2.45, 2.75) is 19.8 Å². The minimum Gasteiger partial charge on any atom is -0.483 e. The van der Waals surface area contributed by atoms with Gasteiger partial charge in [0.15, 0.2) is 6.61 Å². The summed E-state index contributed by atoms with van der Waals surface area (Å²) in [6.45, 7) is 4.40. The molecule has 0 spiro atoms. The molecule has 26 heavy (non-hydrogen) atoms. The molecule has 0 atom stereocenters. The van der Waals surface area contributed by atoms with Crippen LogP contribution < -0.4 is 4.74 Å². The number of ether oxygens (including phenoxy) is 1. The predicted molar refractivity (Wildman–Crippen MR) is 102 cm³/mol. The summed E-state index contributed by atoms with van der Waals surface area (Å²) in [5, 5.41) is 1.98. The molecule has 2 amide bonds.